The first kappa shape index (κ1) is 32.7. The molecule has 1 saturated carbocycles. The number of pyridine rings is 1. The topological polar surface area (TPSA) is 151 Å². The van der Waals surface area contributed by atoms with Gasteiger partial charge in [0.05, 0.1) is 25.8 Å². The number of nitrogens with zero attached hydrogens (tertiary/aromatic N) is 2. The minimum Gasteiger partial charge on any atom is -0.493 e. The maximum atomic E-state index is 13.2. The molecular formula is C35H36FN5O7. The number of aromatic nitrogens is 1. The Balaban J connectivity index is 1.06. The molecule has 1 aliphatic carbocycles. The van der Waals surface area contributed by atoms with E-state index in [1.165, 1.54) is 24.3 Å². The minimum atomic E-state index is -1.17. The van der Waals surface area contributed by atoms with E-state index >= 15 is 0 Å². The second-order valence-corrected chi connectivity index (χ2v) is 12.0. The van der Waals surface area contributed by atoms with E-state index in [-0.39, 0.29) is 6.54 Å². The van der Waals surface area contributed by atoms with Crippen LogP contribution in [0.3, 0.4) is 0 Å². The highest BCUT2D eigenvalue weighted by Crippen LogP contribution is 2.47. The summed E-state index contributed by atoms with van der Waals surface area (Å²) in [5, 5.41) is 15.0. The zero-order valence-electron chi connectivity index (χ0n) is 26.3. The Bertz CT molecular complexity index is 1790. The minimum absolute atomic E-state index is 0.168. The van der Waals surface area contributed by atoms with Gasteiger partial charge in [0.25, 0.3) is 5.91 Å². The predicted molar refractivity (Wildman–Crippen MR) is 175 cm³/mol. The summed E-state index contributed by atoms with van der Waals surface area (Å²) < 4.78 is 31.2. The van der Waals surface area contributed by atoms with E-state index in [2.05, 4.69) is 15.6 Å². The van der Waals surface area contributed by atoms with Crippen molar-refractivity contribution in [3.63, 3.8) is 0 Å². The number of benzene rings is 3. The van der Waals surface area contributed by atoms with Gasteiger partial charge in [0.2, 0.25) is 11.8 Å². The fourth-order valence-corrected chi connectivity index (χ4v) is 5.70. The molecule has 4 aromatic rings. The van der Waals surface area contributed by atoms with Crippen LogP contribution in [0.5, 0.6) is 23.0 Å². The third-order valence-electron chi connectivity index (χ3n) is 8.72. The van der Waals surface area contributed by atoms with Crippen LogP contribution in [0.2, 0.25) is 0 Å². The number of hydrogen-bond acceptors (Lipinski definition) is 9. The molecule has 13 heteroatoms. The van der Waals surface area contributed by atoms with Crippen LogP contribution in [-0.4, -0.2) is 66.2 Å². The van der Waals surface area contributed by atoms with Gasteiger partial charge in [0, 0.05) is 29.0 Å². The molecule has 4 N–H and O–H groups in total. The van der Waals surface area contributed by atoms with Gasteiger partial charge in [-0.05, 0) is 105 Å². The maximum Gasteiger partial charge on any atom is 0.257 e. The van der Waals surface area contributed by atoms with Gasteiger partial charge >= 0.3 is 0 Å². The molecule has 250 valence electrons. The summed E-state index contributed by atoms with van der Waals surface area (Å²) in [5.41, 5.74) is 2.10. The SMILES string of the molecule is COc1cc2c(Oc3ccc(NC(=O)C4(C(=O)Nc5ccc(F)cc5)CC4)cc3)ccnc2cc1OCC1CCN(CC(=O)NO)CC1. The molecule has 0 spiro atoms. The number of hydrogen-bond donors (Lipinski definition) is 4. The molecule has 2 fully saturated rings. The zero-order valence-corrected chi connectivity index (χ0v) is 26.3. The zero-order chi connectivity index (χ0) is 33.7. The summed E-state index contributed by atoms with van der Waals surface area (Å²) in [6, 6.07) is 17.6. The number of likely N-dealkylation sites (tertiary alicyclic amines) is 1. The standard InChI is InChI=1S/C35H36FN5O7/c1-46-30-18-27-28(19-31(30)47-21-22-11-16-41(17-12-22)20-32(42)40-45)37-15-10-29(27)48-26-8-6-25(7-9-26)39-34(44)35(13-14-35)33(43)38-24-4-2-23(36)3-5-24/h2-10,15,18-19,22,45H,11-14,16-17,20-21H2,1H3,(H,38,43)(H,39,44)(H,40,42). The molecule has 6 rings (SSSR count). The molecule has 3 aromatic carbocycles. The highest BCUT2D eigenvalue weighted by atomic mass is 19.1. The Hall–Kier alpha value is -5.27. The quantitative estimate of drug-likeness (QED) is 0.0924. The molecule has 0 unspecified atom stereocenters. The number of piperidine rings is 1. The number of fused-ring (bicyclic) bond motifs is 1. The van der Waals surface area contributed by atoms with Crippen molar-refractivity contribution >= 4 is 40.0 Å². The molecule has 2 aliphatic rings. The Morgan fingerprint density at radius 2 is 1.56 bits per heavy atom. The lowest BCUT2D eigenvalue weighted by Gasteiger charge is -2.31. The smallest absolute Gasteiger partial charge is 0.257 e. The van der Waals surface area contributed by atoms with Gasteiger partial charge < -0.3 is 24.8 Å². The van der Waals surface area contributed by atoms with Gasteiger partial charge in [0.1, 0.15) is 22.7 Å². The van der Waals surface area contributed by atoms with Gasteiger partial charge in [-0.2, -0.15) is 0 Å². The molecule has 48 heavy (non-hydrogen) atoms. The van der Waals surface area contributed by atoms with Crippen LogP contribution in [0.25, 0.3) is 10.9 Å². The Labute approximate surface area is 276 Å². The van der Waals surface area contributed by atoms with E-state index in [9.17, 15) is 18.8 Å². The number of hydroxylamine groups is 1. The lowest BCUT2D eigenvalue weighted by molar-refractivity contribution is -0.132. The summed E-state index contributed by atoms with van der Waals surface area (Å²) in [6.07, 6.45) is 4.21. The first-order valence-electron chi connectivity index (χ1n) is 15.7. The van der Waals surface area contributed by atoms with Crippen molar-refractivity contribution in [2.24, 2.45) is 11.3 Å². The monoisotopic (exact) mass is 657 g/mol. The second-order valence-electron chi connectivity index (χ2n) is 12.0. The van der Waals surface area contributed by atoms with Crippen molar-refractivity contribution in [1.29, 1.82) is 0 Å². The summed E-state index contributed by atoms with van der Waals surface area (Å²) >= 11 is 0. The van der Waals surface area contributed by atoms with E-state index in [0.717, 1.165) is 31.3 Å². The number of nitrogens with one attached hydrogen (secondary N) is 3. The van der Waals surface area contributed by atoms with Crippen LogP contribution in [0, 0.1) is 17.2 Å². The van der Waals surface area contributed by atoms with Crippen LogP contribution in [0.15, 0.2) is 72.9 Å². The molecule has 1 saturated heterocycles. The third-order valence-corrected chi connectivity index (χ3v) is 8.72. The predicted octanol–water partition coefficient (Wildman–Crippen LogP) is 5.13. The van der Waals surface area contributed by atoms with Crippen molar-refractivity contribution in [3.8, 4) is 23.0 Å². The van der Waals surface area contributed by atoms with Crippen molar-refractivity contribution < 1.29 is 38.2 Å². The fraction of sp³-hybridized carbons (Fsp3) is 0.314. The van der Waals surface area contributed by atoms with Crippen LogP contribution in [0.4, 0.5) is 15.8 Å². The van der Waals surface area contributed by atoms with E-state index in [1.807, 2.05) is 17.0 Å². The van der Waals surface area contributed by atoms with E-state index in [4.69, 9.17) is 19.4 Å². The number of rotatable bonds is 12. The average molecular weight is 658 g/mol. The third kappa shape index (κ3) is 7.48. The number of ether oxygens (including phenoxy) is 3. The highest BCUT2D eigenvalue weighted by Gasteiger charge is 2.56. The first-order chi connectivity index (χ1) is 23.3. The summed E-state index contributed by atoms with van der Waals surface area (Å²) in [5.74, 6) is 0.828. The fourth-order valence-electron chi connectivity index (χ4n) is 5.70. The lowest BCUT2D eigenvalue weighted by atomic mass is 9.98. The molecule has 0 atom stereocenters. The molecule has 0 radical (unpaired) electrons. The Morgan fingerprint density at radius 3 is 2.17 bits per heavy atom. The molecule has 1 aliphatic heterocycles. The van der Waals surface area contributed by atoms with Gasteiger partial charge in [-0.15, -0.1) is 0 Å². The molecule has 2 heterocycles. The van der Waals surface area contributed by atoms with Crippen molar-refractivity contribution in [2.75, 3.05) is 44.0 Å². The van der Waals surface area contributed by atoms with Crippen LogP contribution >= 0.6 is 0 Å². The summed E-state index contributed by atoms with van der Waals surface area (Å²) in [7, 11) is 1.57. The van der Waals surface area contributed by atoms with Crippen molar-refractivity contribution in [1.82, 2.24) is 15.4 Å². The summed E-state index contributed by atoms with van der Waals surface area (Å²) in [4.78, 5) is 43.9. The molecule has 3 amide bonds. The molecule has 0 bridgehead atoms. The first-order valence-corrected chi connectivity index (χ1v) is 15.7. The highest BCUT2D eigenvalue weighted by molar-refractivity contribution is 6.16. The van der Waals surface area contributed by atoms with Crippen LogP contribution < -0.4 is 30.3 Å². The van der Waals surface area contributed by atoms with Gasteiger partial charge in [-0.25, -0.2) is 9.87 Å². The van der Waals surface area contributed by atoms with Gasteiger partial charge in [0.15, 0.2) is 11.5 Å². The summed E-state index contributed by atoms with van der Waals surface area (Å²) in [6.45, 7) is 2.13. The van der Waals surface area contributed by atoms with E-state index in [0.29, 0.717) is 65.3 Å². The van der Waals surface area contributed by atoms with Crippen molar-refractivity contribution in [3.05, 3.63) is 78.7 Å². The average Bonchev–Trinajstić information content (AvgIpc) is 3.92. The number of anilines is 2. The lowest BCUT2D eigenvalue weighted by Crippen LogP contribution is -2.41. The normalized spacial score (nSPS) is 15.7. The van der Waals surface area contributed by atoms with E-state index in [1.54, 1.807) is 49.1 Å². The molecule has 1 aromatic heterocycles. The molecular weight excluding hydrogens is 621 g/mol. The number of halogens is 1. The van der Waals surface area contributed by atoms with Crippen molar-refractivity contribution in [2.45, 2.75) is 25.7 Å². The second kappa shape index (κ2) is 14.2. The maximum absolute atomic E-state index is 13.2. The van der Waals surface area contributed by atoms with Gasteiger partial charge in [-0.3, -0.25) is 29.5 Å². The Morgan fingerprint density at radius 1 is 0.917 bits per heavy atom. The number of carbonyl (C=O) groups excluding carboxylic acids is 3. The Kier molecular flexibility index (Phi) is 9.69. The van der Waals surface area contributed by atoms with E-state index < -0.39 is 29.0 Å². The van der Waals surface area contributed by atoms with Gasteiger partial charge in [-0.1, -0.05) is 0 Å². The van der Waals surface area contributed by atoms with Crippen LogP contribution in [0.1, 0.15) is 25.7 Å². The largest absolute Gasteiger partial charge is 0.493 e. The van der Waals surface area contributed by atoms with Crippen LogP contribution in [-0.2, 0) is 14.4 Å². The number of methoxy groups -OCH3 is 1. The number of carbonyl (C=O) groups is 3. The molecule has 12 nitrogen and oxygen atoms in total. The number of amides is 3.